The predicted octanol–water partition coefficient (Wildman–Crippen LogP) is 2.87. The number of hydrogen-bond acceptors (Lipinski definition) is 4. The highest BCUT2D eigenvalue weighted by atomic mass is 16.2. The van der Waals surface area contributed by atoms with Crippen LogP contribution < -0.4 is 0 Å². The third-order valence-electron chi connectivity index (χ3n) is 5.38. The normalized spacial score (nSPS) is 20.5. The topological polar surface area (TPSA) is 63.9 Å². The van der Waals surface area contributed by atoms with E-state index < -0.39 is 0 Å². The molecule has 0 aromatic carbocycles. The minimum Gasteiger partial charge on any atom is -0.338 e. The lowest BCUT2D eigenvalue weighted by atomic mass is 9.78. The molecule has 0 radical (unpaired) electrons. The minimum atomic E-state index is -0.164. The Bertz CT molecular complexity index is 965. The number of rotatable bonds is 2. The second-order valence-electron chi connectivity index (χ2n) is 7.41. The molecule has 0 aliphatic carbocycles. The first-order chi connectivity index (χ1) is 12.5. The molecule has 1 aliphatic rings. The number of aryl methyl sites for hydroxylation is 2. The molecular weight excluding hydrogens is 326 g/mol. The van der Waals surface area contributed by atoms with Crippen LogP contribution in [0.5, 0.6) is 0 Å². The first-order valence-electron chi connectivity index (χ1n) is 8.98. The highest BCUT2D eigenvalue weighted by molar-refractivity contribution is 5.94. The summed E-state index contributed by atoms with van der Waals surface area (Å²) in [7, 11) is 1.92. The van der Waals surface area contributed by atoms with Gasteiger partial charge in [-0.3, -0.25) is 14.5 Å². The molecule has 0 bridgehead atoms. The summed E-state index contributed by atoms with van der Waals surface area (Å²) in [4.78, 5) is 23.8. The Balaban J connectivity index is 1.65. The van der Waals surface area contributed by atoms with Gasteiger partial charge in [-0.05, 0) is 44.0 Å². The number of aromatic nitrogens is 4. The van der Waals surface area contributed by atoms with Crippen molar-refractivity contribution in [2.24, 2.45) is 7.05 Å². The van der Waals surface area contributed by atoms with Crippen LogP contribution in [-0.4, -0.2) is 43.6 Å². The quantitative estimate of drug-likeness (QED) is 0.714. The van der Waals surface area contributed by atoms with E-state index in [9.17, 15) is 4.79 Å². The van der Waals surface area contributed by atoms with Crippen LogP contribution in [0.3, 0.4) is 0 Å². The van der Waals surface area contributed by atoms with Crippen LogP contribution in [0.4, 0.5) is 0 Å². The van der Waals surface area contributed by atoms with Gasteiger partial charge in [0.05, 0.1) is 17.0 Å². The zero-order valence-electron chi connectivity index (χ0n) is 15.4. The molecule has 3 aromatic rings. The van der Waals surface area contributed by atoms with E-state index in [0.29, 0.717) is 12.1 Å². The lowest BCUT2D eigenvalue weighted by Crippen LogP contribution is -2.47. The van der Waals surface area contributed by atoms with Crippen LogP contribution >= 0.6 is 0 Å². The van der Waals surface area contributed by atoms with Crippen LogP contribution in [0, 0.1) is 6.92 Å². The van der Waals surface area contributed by atoms with Gasteiger partial charge in [-0.15, -0.1) is 0 Å². The maximum Gasteiger partial charge on any atom is 0.255 e. The molecule has 1 amide bonds. The number of likely N-dealkylation sites (tertiary alicyclic amines) is 1. The fourth-order valence-corrected chi connectivity index (χ4v) is 3.93. The van der Waals surface area contributed by atoms with Crippen LogP contribution in [0.25, 0.3) is 11.0 Å². The summed E-state index contributed by atoms with van der Waals surface area (Å²) in [5, 5.41) is 5.55. The Morgan fingerprint density at radius 2 is 2.12 bits per heavy atom. The molecule has 1 atom stereocenters. The van der Waals surface area contributed by atoms with Gasteiger partial charge in [-0.1, -0.05) is 6.92 Å². The highest BCUT2D eigenvalue weighted by Crippen LogP contribution is 2.34. The second kappa shape index (κ2) is 6.20. The average molecular weight is 349 g/mol. The maximum atomic E-state index is 12.8. The molecule has 0 saturated carbocycles. The molecule has 3 aromatic heterocycles. The van der Waals surface area contributed by atoms with E-state index in [0.717, 1.165) is 41.8 Å². The van der Waals surface area contributed by atoms with E-state index >= 15 is 0 Å². The summed E-state index contributed by atoms with van der Waals surface area (Å²) >= 11 is 0. The maximum absolute atomic E-state index is 12.8. The predicted molar refractivity (Wildman–Crippen MR) is 100.0 cm³/mol. The number of hydrogen-bond donors (Lipinski definition) is 0. The van der Waals surface area contributed by atoms with Crippen molar-refractivity contribution < 1.29 is 4.79 Å². The van der Waals surface area contributed by atoms with Crippen LogP contribution in [-0.2, 0) is 12.5 Å². The van der Waals surface area contributed by atoms with Gasteiger partial charge in [0.15, 0.2) is 5.65 Å². The molecular formula is C20H23N5O. The molecule has 0 unspecified atom stereocenters. The van der Waals surface area contributed by atoms with Crippen molar-refractivity contribution in [1.29, 1.82) is 0 Å². The van der Waals surface area contributed by atoms with Crippen molar-refractivity contribution in [2.45, 2.75) is 32.1 Å². The molecule has 1 aliphatic heterocycles. The second-order valence-corrected chi connectivity index (χ2v) is 7.41. The van der Waals surface area contributed by atoms with Crippen LogP contribution in [0.2, 0.25) is 0 Å². The Labute approximate surface area is 152 Å². The van der Waals surface area contributed by atoms with Gasteiger partial charge < -0.3 is 4.90 Å². The third kappa shape index (κ3) is 2.75. The van der Waals surface area contributed by atoms with Gasteiger partial charge >= 0.3 is 0 Å². The molecule has 1 fully saturated rings. The summed E-state index contributed by atoms with van der Waals surface area (Å²) < 4.78 is 1.83. The summed E-state index contributed by atoms with van der Waals surface area (Å²) in [6, 6.07) is 7.82. The summed E-state index contributed by atoms with van der Waals surface area (Å²) in [6.45, 7) is 5.64. The Hall–Kier alpha value is -2.76. The molecule has 134 valence electrons. The number of carbonyl (C=O) groups is 1. The van der Waals surface area contributed by atoms with Crippen molar-refractivity contribution in [1.82, 2.24) is 24.6 Å². The number of piperidine rings is 1. The molecule has 0 spiro atoms. The monoisotopic (exact) mass is 349 g/mol. The van der Waals surface area contributed by atoms with Crippen molar-refractivity contribution in [3.05, 3.63) is 53.6 Å². The minimum absolute atomic E-state index is 0.0430. The first kappa shape index (κ1) is 16.7. The van der Waals surface area contributed by atoms with Gasteiger partial charge in [0.2, 0.25) is 0 Å². The molecule has 0 N–H and O–H groups in total. The Kier molecular flexibility index (Phi) is 3.98. The van der Waals surface area contributed by atoms with E-state index in [1.54, 1.807) is 18.5 Å². The molecule has 1 saturated heterocycles. The molecule has 26 heavy (non-hydrogen) atoms. The zero-order chi connectivity index (χ0) is 18.3. The molecule has 4 rings (SSSR count). The van der Waals surface area contributed by atoms with Gasteiger partial charge in [-0.2, -0.15) is 5.10 Å². The number of fused-ring (bicyclic) bond motifs is 1. The van der Waals surface area contributed by atoms with E-state index in [1.165, 1.54) is 0 Å². The Morgan fingerprint density at radius 1 is 1.27 bits per heavy atom. The summed E-state index contributed by atoms with van der Waals surface area (Å²) in [6.07, 6.45) is 5.30. The fraction of sp³-hybridized carbons (Fsp3) is 0.400. The highest BCUT2D eigenvalue weighted by Gasteiger charge is 2.36. The lowest BCUT2D eigenvalue weighted by Gasteiger charge is -2.40. The number of nitrogens with zero attached hydrogens (tertiary/aromatic N) is 5. The fourth-order valence-electron chi connectivity index (χ4n) is 3.93. The number of carbonyl (C=O) groups excluding carboxylic acids is 1. The van der Waals surface area contributed by atoms with Crippen molar-refractivity contribution in [3.8, 4) is 0 Å². The summed E-state index contributed by atoms with van der Waals surface area (Å²) in [5.41, 5.74) is 3.39. The largest absolute Gasteiger partial charge is 0.338 e. The van der Waals surface area contributed by atoms with E-state index in [4.69, 9.17) is 4.98 Å². The molecule has 6 nitrogen and oxygen atoms in total. The first-order valence-corrected chi connectivity index (χ1v) is 8.98. The number of pyridine rings is 2. The zero-order valence-corrected chi connectivity index (χ0v) is 15.4. The van der Waals surface area contributed by atoms with E-state index in [1.807, 2.05) is 29.6 Å². The van der Waals surface area contributed by atoms with E-state index in [-0.39, 0.29) is 11.3 Å². The summed E-state index contributed by atoms with van der Waals surface area (Å²) in [5.74, 6) is 0.0430. The lowest BCUT2D eigenvalue weighted by molar-refractivity contribution is 0.0647. The molecule has 4 heterocycles. The van der Waals surface area contributed by atoms with Crippen LogP contribution in [0.15, 0.2) is 36.7 Å². The van der Waals surface area contributed by atoms with Gasteiger partial charge in [0, 0.05) is 43.3 Å². The van der Waals surface area contributed by atoms with Gasteiger partial charge in [0.25, 0.3) is 5.91 Å². The van der Waals surface area contributed by atoms with Crippen molar-refractivity contribution >= 4 is 16.9 Å². The van der Waals surface area contributed by atoms with Gasteiger partial charge in [0.1, 0.15) is 0 Å². The Morgan fingerprint density at radius 3 is 2.88 bits per heavy atom. The SMILES string of the molecule is Cc1nn(C)c2nc([C@@]3(C)CCCN(C(=O)c4cccnc4)C3)ccc12. The third-order valence-corrected chi connectivity index (χ3v) is 5.38. The average Bonchev–Trinajstić information content (AvgIpc) is 2.95. The van der Waals surface area contributed by atoms with Crippen molar-refractivity contribution in [3.63, 3.8) is 0 Å². The smallest absolute Gasteiger partial charge is 0.255 e. The molecule has 6 heteroatoms. The van der Waals surface area contributed by atoms with Gasteiger partial charge in [-0.25, -0.2) is 4.98 Å². The van der Waals surface area contributed by atoms with E-state index in [2.05, 4.69) is 29.1 Å². The van der Waals surface area contributed by atoms with Crippen molar-refractivity contribution in [2.75, 3.05) is 13.1 Å². The van der Waals surface area contributed by atoms with Crippen LogP contribution in [0.1, 0.15) is 41.5 Å². The standard InChI is InChI=1S/C20H23N5O/c1-14-16-7-8-17(22-18(16)24(3)23-14)20(2)9-5-11-25(13-20)19(26)15-6-4-10-21-12-15/h4,6-8,10,12H,5,9,11,13H2,1-3H3/t20-/m0/s1. The number of amides is 1.